The number of amides is 1. The van der Waals surface area contributed by atoms with Crippen LogP contribution >= 0.6 is 24.2 Å². The number of benzene rings is 2. The third-order valence-corrected chi connectivity index (χ3v) is 4.62. The number of primary amides is 1. The predicted octanol–water partition coefficient (Wildman–Crippen LogP) is 3.99. The maximum absolute atomic E-state index is 11.9. The number of hydrogen-bond acceptors (Lipinski definition) is 2. The number of aromatic nitrogens is 1. The van der Waals surface area contributed by atoms with Gasteiger partial charge in [-0.15, -0.1) is 24.2 Å². The summed E-state index contributed by atoms with van der Waals surface area (Å²) in [6.45, 7) is 0. The highest BCUT2D eigenvalue weighted by atomic mass is 35.5. The largest absolute Gasteiger partial charge is 0.366 e. The average Bonchev–Trinajstić information content (AvgIpc) is 2.79. The second-order valence-electron chi connectivity index (χ2n) is 4.86. The SMILES string of the molecule is Cl.Cn1c(CSc2ccccc2)c(C(N)=O)c2ccccc21. The van der Waals surface area contributed by atoms with Crippen LogP contribution in [-0.2, 0) is 12.8 Å². The van der Waals surface area contributed by atoms with Crippen molar-refractivity contribution in [2.75, 3.05) is 0 Å². The number of hydrogen-bond donors (Lipinski definition) is 1. The van der Waals surface area contributed by atoms with Gasteiger partial charge in [0, 0.05) is 34.3 Å². The van der Waals surface area contributed by atoms with E-state index in [1.165, 1.54) is 4.90 Å². The number of aryl methyl sites for hydroxylation is 1. The molecule has 3 rings (SSSR count). The van der Waals surface area contributed by atoms with Gasteiger partial charge in [-0.3, -0.25) is 4.79 Å². The molecule has 0 aliphatic heterocycles. The summed E-state index contributed by atoms with van der Waals surface area (Å²) in [5.41, 5.74) is 8.24. The van der Waals surface area contributed by atoms with Crippen molar-refractivity contribution in [3.8, 4) is 0 Å². The second-order valence-corrected chi connectivity index (χ2v) is 5.91. The normalized spacial score (nSPS) is 10.4. The Morgan fingerprint density at radius 2 is 1.73 bits per heavy atom. The van der Waals surface area contributed by atoms with E-state index in [2.05, 4.69) is 16.7 Å². The molecule has 5 heteroatoms. The molecule has 0 saturated carbocycles. The lowest BCUT2D eigenvalue weighted by molar-refractivity contribution is 0.100. The lowest BCUT2D eigenvalue weighted by Gasteiger charge is -2.06. The molecule has 0 unspecified atom stereocenters. The summed E-state index contributed by atoms with van der Waals surface area (Å²) >= 11 is 1.71. The lowest BCUT2D eigenvalue weighted by atomic mass is 10.1. The maximum Gasteiger partial charge on any atom is 0.251 e. The van der Waals surface area contributed by atoms with Gasteiger partial charge in [0.05, 0.1) is 5.56 Å². The van der Waals surface area contributed by atoms with Gasteiger partial charge in [-0.05, 0) is 18.2 Å². The van der Waals surface area contributed by atoms with Crippen molar-refractivity contribution in [2.24, 2.45) is 12.8 Å². The Morgan fingerprint density at radius 3 is 2.41 bits per heavy atom. The van der Waals surface area contributed by atoms with E-state index in [0.717, 1.165) is 16.6 Å². The van der Waals surface area contributed by atoms with E-state index >= 15 is 0 Å². The first-order chi connectivity index (χ1) is 10.2. The minimum absolute atomic E-state index is 0. The minimum atomic E-state index is -0.365. The Labute approximate surface area is 139 Å². The van der Waals surface area contributed by atoms with E-state index in [0.29, 0.717) is 11.3 Å². The smallest absolute Gasteiger partial charge is 0.251 e. The van der Waals surface area contributed by atoms with Crippen LogP contribution in [0, 0.1) is 0 Å². The monoisotopic (exact) mass is 332 g/mol. The van der Waals surface area contributed by atoms with Crippen molar-refractivity contribution in [3.63, 3.8) is 0 Å². The Morgan fingerprint density at radius 1 is 1.09 bits per heavy atom. The molecule has 3 aromatic rings. The van der Waals surface area contributed by atoms with Gasteiger partial charge in [-0.1, -0.05) is 36.4 Å². The van der Waals surface area contributed by atoms with E-state index in [-0.39, 0.29) is 18.3 Å². The highest BCUT2D eigenvalue weighted by molar-refractivity contribution is 7.98. The van der Waals surface area contributed by atoms with Gasteiger partial charge in [0.15, 0.2) is 0 Å². The molecule has 1 aromatic heterocycles. The number of halogens is 1. The van der Waals surface area contributed by atoms with Crippen LogP contribution in [0.5, 0.6) is 0 Å². The van der Waals surface area contributed by atoms with Crippen molar-refractivity contribution in [1.29, 1.82) is 0 Å². The predicted molar refractivity (Wildman–Crippen MR) is 94.7 cm³/mol. The van der Waals surface area contributed by atoms with Crippen molar-refractivity contribution in [2.45, 2.75) is 10.6 Å². The molecule has 3 nitrogen and oxygen atoms in total. The number of para-hydroxylation sites is 1. The first kappa shape index (κ1) is 16.5. The summed E-state index contributed by atoms with van der Waals surface area (Å²) in [6.07, 6.45) is 0. The van der Waals surface area contributed by atoms with E-state index in [4.69, 9.17) is 5.73 Å². The summed E-state index contributed by atoms with van der Waals surface area (Å²) < 4.78 is 2.06. The van der Waals surface area contributed by atoms with Crippen LogP contribution in [0.2, 0.25) is 0 Å². The zero-order valence-corrected chi connectivity index (χ0v) is 13.8. The average molecular weight is 333 g/mol. The Hall–Kier alpha value is -1.91. The molecule has 2 aromatic carbocycles. The fourth-order valence-electron chi connectivity index (χ4n) is 2.56. The van der Waals surface area contributed by atoms with Gasteiger partial charge in [0.1, 0.15) is 0 Å². The number of thioether (sulfide) groups is 1. The Bertz CT molecular complexity index is 799. The third kappa shape index (κ3) is 2.98. The van der Waals surface area contributed by atoms with E-state index in [1.807, 2.05) is 49.5 Å². The fourth-order valence-corrected chi connectivity index (χ4v) is 3.55. The van der Waals surface area contributed by atoms with Crippen LogP contribution in [0.15, 0.2) is 59.5 Å². The van der Waals surface area contributed by atoms with Gasteiger partial charge < -0.3 is 10.3 Å². The molecule has 1 heterocycles. The summed E-state index contributed by atoms with van der Waals surface area (Å²) in [5, 5.41) is 0.927. The molecule has 0 radical (unpaired) electrons. The Balaban J connectivity index is 0.00000176. The quantitative estimate of drug-likeness (QED) is 0.734. The zero-order valence-electron chi connectivity index (χ0n) is 12.2. The van der Waals surface area contributed by atoms with Crippen LogP contribution in [0.25, 0.3) is 10.9 Å². The van der Waals surface area contributed by atoms with Gasteiger partial charge in [-0.2, -0.15) is 0 Å². The summed E-state index contributed by atoms with van der Waals surface area (Å²) in [4.78, 5) is 13.0. The summed E-state index contributed by atoms with van der Waals surface area (Å²) in [5.74, 6) is 0.350. The molecule has 0 spiro atoms. The second kappa shape index (κ2) is 6.90. The summed E-state index contributed by atoms with van der Waals surface area (Å²) in [7, 11) is 1.98. The summed E-state index contributed by atoms with van der Waals surface area (Å²) in [6, 6.07) is 18.0. The van der Waals surface area contributed by atoms with Crippen molar-refractivity contribution < 1.29 is 4.79 Å². The molecule has 0 bridgehead atoms. The number of rotatable bonds is 4. The van der Waals surface area contributed by atoms with Gasteiger partial charge in [0.2, 0.25) is 0 Å². The molecule has 0 saturated heterocycles. The number of nitrogens with zero attached hydrogens (tertiary/aromatic N) is 1. The van der Waals surface area contributed by atoms with Gasteiger partial charge in [0.25, 0.3) is 5.91 Å². The molecular weight excluding hydrogens is 316 g/mol. The topological polar surface area (TPSA) is 48.0 Å². The van der Waals surface area contributed by atoms with E-state index in [1.54, 1.807) is 11.8 Å². The van der Waals surface area contributed by atoms with Crippen LogP contribution in [0.1, 0.15) is 16.1 Å². The van der Waals surface area contributed by atoms with Crippen molar-refractivity contribution in [1.82, 2.24) is 4.57 Å². The molecular formula is C17H17ClN2OS. The lowest BCUT2D eigenvalue weighted by Crippen LogP contribution is -2.13. The number of nitrogens with two attached hydrogens (primary N) is 1. The minimum Gasteiger partial charge on any atom is -0.366 e. The Kier molecular flexibility index (Phi) is 5.16. The molecule has 114 valence electrons. The van der Waals surface area contributed by atoms with Crippen LogP contribution < -0.4 is 5.73 Å². The number of fused-ring (bicyclic) bond motifs is 1. The van der Waals surface area contributed by atoms with Crippen molar-refractivity contribution in [3.05, 3.63) is 65.9 Å². The van der Waals surface area contributed by atoms with E-state index < -0.39 is 0 Å². The van der Waals surface area contributed by atoms with Crippen molar-refractivity contribution >= 4 is 41.0 Å². The van der Waals surface area contributed by atoms with Crippen LogP contribution in [0.4, 0.5) is 0 Å². The molecule has 0 atom stereocenters. The highest BCUT2D eigenvalue weighted by Crippen LogP contribution is 2.30. The molecule has 0 aliphatic carbocycles. The van der Waals surface area contributed by atoms with E-state index in [9.17, 15) is 4.79 Å². The highest BCUT2D eigenvalue weighted by Gasteiger charge is 2.18. The van der Waals surface area contributed by atoms with Gasteiger partial charge >= 0.3 is 0 Å². The first-order valence-corrected chi connectivity index (χ1v) is 7.71. The standard InChI is InChI=1S/C17H16N2OS.ClH/c1-19-14-10-6-5-9-13(14)16(17(18)20)15(19)11-21-12-7-3-2-4-8-12;/h2-10H,11H2,1H3,(H2,18,20);1H. The number of carbonyl (C=O) groups excluding carboxylic acids is 1. The first-order valence-electron chi connectivity index (χ1n) is 6.72. The number of carbonyl (C=O) groups is 1. The van der Waals surface area contributed by atoms with Crippen LogP contribution in [0.3, 0.4) is 0 Å². The molecule has 22 heavy (non-hydrogen) atoms. The van der Waals surface area contributed by atoms with Crippen LogP contribution in [-0.4, -0.2) is 10.5 Å². The third-order valence-electron chi connectivity index (χ3n) is 3.59. The molecule has 2 N–H and O–H groups in total. The molecule has 0 aliphatic rings. The zero-order chi connectivity index (χ0) is 14.8. The van der Waals surface area contributed by atoms with Gasteiger partial charge in [-0.25, -0.2) is 0 Å². The fraction of sp³-hybridized carbons (Fsp3) is 0.118. The maximum atomic E-state index is 11.9. The molecule has 0 fully saturated rings. The molecule has 1 amide bonds.